The quantitative estimate of drug-likeness (QED) is 0.700. The summed E-state index contributed by atoms with van der Waals surface area (Å²) in [6.07, 6.45) is 4.90. The average Bonchev–Trinajstić information content (AvgIpc) is 2.74. The zero-order valence-corrected chi connectivity index (χ0v) is 9.07. The molecule has 7 heteroatoms. The first-order chi connectivity index (χ1) is 8.34. The number of nitrogens with one attached hydrogen (secondary N) is 1. The molecule has 7 nitrogen and oxygen atoms in total. The molecule has 0 unspecified atom stereocenters. The minimum absolute atomic E-state index is 0.621. The molecule has 0 aliphatic carbocycles. The standard InChI is InChI=1S/C10H9N7/c1-17-10-8(15-16-17)9(12-6-13-10)14-7-3-2-4-11-5-7/h2-6H,1H3,(H,12,13,14). The Kier molecular flexibility index (Phi) is 2.14. The van der Waals surface area contributed by atoms with Crippen molar-refractivity contribution in [3.63, 3.8) is 0 Å². The van der Waals surface area contributed by atoms with Crippen LogP contribution in [0.4, 0.5) is 11.5 Å². The monoisotopic (exact) mass is 227 g/mol. The summed E-state index contributed by atoms with van der Waals surface area (Å²) in [7, 11) is 1.79. The fourth-order valence-corrected chi connectivity index (χ4v) is 1.52. The zero-order valence-electron chi connectivity index (χ0n) is 9.07. The van der Waals surface area contributed by atoms with Crippen molar-refractivity contribution in [2.24, 2.45) is 7.05 Å². The van der Waals surface area contributed by atoms with Crippen LogP contribution in [0.25, 0.3) is 11.2 Å². The highest BCUT2D eigenvalue weighted by atomic mass is 15.4. The van der Waals surface area contributed by atoms with Gasteiger partial charge in [0.1, 0.15) is 6.33 Å². The van der Waals surface area contributed by atoms with Gasteiger partial charge < -0.3 is 5.32 Å². The van der Waals surface area contributed by atoms with Gasteiger partial charge in [-0.1, -0.05) is 5.21 Å². The van der Waals surface area contributed by atoms with Gasteiger partial charge in [0.2, 0.25) is 0 Å². The van der Waals surface area contributed by atoms with E-state index in [-0.39, 0.29) is 0 Å². The molecule has 3 rings (SSSR count). The molecule has 3 aromatic rings. The summed E-state index contributed by atoms with van der Waals surface area (Å²) in [4.78, 5) is 12.3. The molecule has 1 N–H and O–H groups in total. The molecule has 3 heterocycles. The van der Waals surface area contributed by atoms with Crippen LogP contribution < -0.4 is 5.32 Å². The number of hydrogen-bond donors (Lipinski definition) is 1. The lowest BCUT2D eigenvalue weighted by atomic mass is 10.4. The summed E-state index contributed by atoms with van der Waals surface area (Å²) in [6.45, 7) is 0. The number of rotatable bonds is 2. The van der Waals surface area contributed by atoms with E-state index in [9.17, 15) is 0 Å². The third-order valence-corrected chi connectivity index (χ3v) is 2.31. The Balaban J connectivity index is 2.06. The Bertz CT molecular complexity index is 646. The first-order valence-corrected chi connectivity index (χ1v) is 5.02. The second-order valence-corrected chi connectivity index (χ2v) is 3.47. The van der Waals surface area contributed by atoms with Crippen LogP contribution in [-0.4, -0.2) is 29.9 Å². The van der Waals surface area contributed by atoms with Crippen LogP contribution in [0.15, 0.2) is 30.9 Å². The third-order valence-electron chi connectivity index (χ3n) is 2.31. The van der Waals surface area contributed by atoms with Crippen molar-refractivity contribution in [1.29, 1.82) is 0 Å². The van der Waals surface area contributed by atoms with Crippen LogP contribution in [0.3, 0.4) is 0 Å². The number of pyridine rings is 1. The fraction of sp³-hybridized carbons (Fsp3) is 0.100. The van der Waals surface area contributed by atoms with E-state index in [1.807, 2.05) is 12.1 Å². The Morgan fingerprint density at radius 1 is 1.29 bits per heavy atom. The van der Waals surface area contributed by atoms with Crippen molar-refractivity contribution < 1.29 is 0 Å². The highest BCUT2D eigenvalue weighted by molar-refractivity contribution is 5.84. The van der Waals surface area contributed by atoms with Crippen molar-refractivity contribution in [2.45, 2.75) is 0 Å². The minimum atomic E-state index is 0.621. The zero-order chi connectivity index (χ0) is 11.7. The predicted octanol–water partition coefficient (Wildman–Crippen LogP) is 0.897. The maximum absolute atomic E-state index is 4.15. The number of anilines is 2. The second-order valence-electron chi connectivity index (χ2n) is 3.47. The Labute approximate surface area is 96.5 Å². The highest BCUT2D eigenvalue weighted by Gasteiger charge is 2.09. The fourth-order valence-electron chi connectivity index (χ4n) is 1.52. The smallest absolute Gasteiger partial charge is 0.183 e. The van der Waals surface area contributed by atoms with Gasteiger partial charge in [0.05, 0.1) is 11.9 Å². The molecule has 0 aliphatic heterocycles. The van der Waals surface area contributed by atoms with Crippen LogP contribution in [0.2, 0.25) is 0 Å². The lowest BCUT2D eigenvalue weighted by Gasteiger charge is -2.03. The van der Waals surface area contributed by atoms with Crippen LogP contribution in [0.5, 0.6) is 0 Å². The Hall–Kier alpha value is -2.57. The first kappa shape index (κ1) is 9.64. The molecule has 0 spiro atoms. The molecular formula is C10H9N7. The van der Waals surface area contributed by atoms with Gasteiger partial charge in [-0.3, -0.25) is 4.98 Å². The molecular weight excluding hydrogens is 218 g/mol. The van der Waals surface area contributed by atoms with Crippen LogP contribution in [0.1, 0.15) is 0 Å². The van der Waals surface area contributed by atoms with E-state index in [0.29, 0.717) is 17.0 Å². The average molecular weight is 227 g/mol. The third kappa shape index (κ3) is 1.67. The van der Waals surface area contributed by atoms with E-state index in [1.54, 1.807) is 24.1 Å². The number of fused-ring (bicyclic) bond motifs is 1. The SMILES string of the molecule is Cn1nnc2c(Nc3cccnc3)ncnc21. The molecule has 0 amide bonds. The van der Waals surface area contributed by atoms with Gasteiger partial charge in [-0.15, -0.1) is 5.10 Å². The van der Waals surface area contributed by atoms with E-state index in [2.05, 4.69) is 30.6 Å². The molecule has 0 radical (unpaired) electrons. The number of aryl methyl sites for hydroxylation is 1. The van der Waals surface area contributed by atoms with E-state index in [4.69, 9.17) is 0 Å². The van der Waals surface area contributed by atoms with E-state index in [1.165, 1.54) is 6.33 Å². The maximum Gasteiger partial charge on any atom is 0.183 e. The van der Waals surface area contributed by atoms with Gasteiger partial charge >= 0.3 is 0 Å². The Morgan fingerprint density at radius 3 is 3.06 bits per heavy atom. The molecule has 0 bridgehead atoms. The molecule has 0 saturated heterocycles. The van der Waals surface area contributed by atoms with Gasteiger partial charge in [-0.25, -0.2) is 14.6 Å². The molecule has 17 heavy (non-hydrogen) atoms. The minimum Gasteiger partial charge on any atom is -0.337 e. The van der Waals surface area contributed by atoms with Gasteiger partial charge in [0.15, 0.2) is 17.0 Å². The van der Waals surface area contributed by atoms with Gasteiger partial charge in [0.25, 0.3) is 0 Å². The number of hydrogen-bond acceptors (Lipinski definition) is 6. The summed E-state index contributed by atoms with van der Waals surface area (Å²) in [5.74, 6) is 0.621. The van der Waals surface area contributed by atoms with Gasteiger partial charge in [0, 0.05) is 13.2 Å². The lowest BCUT2D eigenvalue weighted by Crippen LogP contribution is -1.97. The van der Waals surface area contributed by atoms with Gasteiger partial charge in [-0.2, -0.15) is 0 Å². The van der Waals surface area contributed by atoms with Crippen molar-refractivity contribution in [3.05, 3.63) is 30.9 Å². The van der Waals surface area contributed by atoms with Crippen LogP contribution >= 0.6 is 0 Å². The summed E-state index contributed by atoms with van der Waals surface area (Å²) < 4.78 is 1.60. The van der Waals surface area contributed by atoms with Crippen molar-refractivity contribution in [3.8, 4) is 0 Å². The van der Waals surface area contributed by atoms with E-state index in [0.717, 1.165) is 5.69 Å². The number of nitrogens with zero attached hydrogens (tertiary/aromatic N) is 6. The van der Waals surface area contributed by atoms with E-state index >= 15 is 0 Å². The predicted molar refractivity (Wildman–Crippen MR) is 61.6 cm³/mol. The van der Waals surface area contributed by atoms with Crippen LogP contribution in [-0.2, 0) is 7.05 Å². The largest absolute Gasteiger partial charge is 0.337 e. The molecule has 0 aromatic carbocycles. The van der Waals surface area contributed by atoms with E-state index < -0.39 is 0 Å². The topological polar surface area (TPSA) is 81.4 Å². The normalized spacial score (nSPS) is 10.6. The Morgan fingerprint density at radius 2 is 2.24 bits per heavy atom. The van der Waals surface area contributed by atoms with Crippen molar-refractivity contribution in [2.75, 3.05) is 5.32 Å². The molecule has 84 valence electrons. The van der Waals surface area contributed by atoms with Crippen molar-refractivity contribution >= 4 is 22.7 Å². The summed E-state index contributed by atoms with van der Waals surface area (Å²) in [5, 5.41) is 11.1. The van der Waals surface area contributed by atoms with Crippen molar-refractivity contribution in [1.82, 2.24) is 29.9 Å². The van der Waals surface area contributed by atoms with Crippen LogP contribution in [0, 0.1) is 0 Å². The summed E-state index contributed by atoms with van der Waals surface area (Å²) in [6, 6.07) is 3.74. The lowest BCUT2D eigenvalue weighted by molar-refractivity contribution is 0.729. The maximum atomic E-state index is 4.15. The molecule has 0 atom stereocenters. The summed E-state index contributed by atoms with van der Waals surface area (Å²) in [5.41, 5.74) is 2.17. The first-order valence-electron chi connectivity index (χ1n) is 5.02. The molecule has 0 saturated carbocycles. The molecule has 0 fully saturated rings. The second kappa shape index (κ2) is 3.78. The molecule has 0 aliphatic rings. The highest BCUT2D eigenvalue weighted by Crippen LogP contribution is 2.19. The number of aromatic nitrogens is 6. The molecule has 3 aromatic heterocycles. The summed E-state index contributed by atoms with van der Waals surface area (Å²) >= 11 is 0. The van der Waals surface area contributed by atoms with Gasteiger partial charge in [-0.05, 0) is 12.1 Å².